The van der Waals surface area contributed by atoms with E-state index in [1.165, 1.54) is 0 Å². The number of nitrogens with two attached hydrogens (primary N) is 1. The topological polar surface area (TPSA) is 77.0 Å². The molecule has 0 radical (unpaired) electrons. The highest BCUT2D eigenvalue weighted by Gasteiger charge is 2.25. The van der Waals surface area contributed by atoms with Crippen LogP contribution in [0.5, 0.6) is 0 Å². The highest BCUT2D eigenvalue weighted by Crippen LogP contribution is 2.22. The number of hydrogen-bond donors (Lipinski definition) is 1. The molecule has 0 spiro atoms. The number of hydrogen-bond acceptors (Lipinski definition) is 4. The van der Waals surface area contributed by atoms with Gasteiger partial charge in [0.1, 0.15) is 12.7 Å². The zero-order valence-corrected chi connectivity index (χ0v) is 12.8. The summed E-state index contributed by atoms with van der Waals surface area (Å²) in [6.45, 7) is 4.32. The van der Waals surface area contributed by atoms with Gasteiger partial charge in [-0.25, -0.2) is 4.98 Å². The molecule has 1 saturated heterocycles. The molecule has 0 saturated carbocycles. The minimum atomic E-state index is 0.0769. The van der Waals surface area contributed by atoms with Crippen molar-refractivity contribution in [3.05, 3.63) is 42.0 Å². The second-order valence-corrected chi connectivity index (χ2v) is 5.95. The van der Waals surface area contributed by atoms with Crippen molar-refractivity contribution in [2.75, 3.05) is 18.8 Å². The molecule has 1 atom stereocenters. The van der Waals surface area contributed by atoms with E-state index in [1.807, 2.05) is 28.6 Å². The number of aromatic nitrogens is 3. The maximum absolute atomic E-state index is 12.8. The van der Waals surface area contributed by atoms with Crippen LogP contribution < -0.4 is 5.73 Å². The summed E-state index contributed by atoms with van der Waals surface area (Å²) in [5.41, 5.74) is 8.13. The lowest BCUT2D eigenvalue weighted by Crippen LogP contribution is -2.41. The maximum Gasteiger partial charge on any atom is 0.254 e. The molecule has 116 valence electrons. The molecule has 1 aliphatic heterocycles. The molecule has 22 heavy (non-hydrogen) atoms. The molecular weight excluding hydrogens is 278 g/mol. The highest BCUT2D eigenvalue weighted by atomic mass is 16.2. The second-order valence-electron chi connectivity index (χ2n) is 5.95. The summed E-state index contributed by atoms with van der Waals surface area (Å²) in [6, 6.07) is 5.51. The van der Waals surface area contributed by atoms with E-state index in [0.29, 0.717) is 17.2 Å². The highest BCUT2D eigenvalue weighted by molar-refractivity contribution is 5.96. The number of carbonyl (C=O) groups is 1. The summed E-state index contributed by atoms with van der Waals surface area (Å²) >= 11 is 0. The van der Waals surface area contributed by atoms with E-state index in [4.69, 9.17) is 5.73 Å². The molecule has 0 bridgehead atoms. The van der Waals surface area contributed by atoms with Gasteiger partial charge < -0.3 is 10.6 Å². The van der Waals surface area contributed by atoms with Gasteiger partial charge in [-0.2, -0.15) is 5.10 Å². The molecule has 1 amide bonds. The molecule has 6 heteroatoms. The zero-order valence-electron chi connectivity index (χ0n) is 12.8. The summed E-state index contributed by atoms with van der Waals surface area (Å²) in [5, 5.41) is 4.15. The number of anilines is 1. The number of carbonyl (C=O) groups excluding carboxylic acids is 1. The summed E-state index contributed by atoms with van der Waals surface area (Å²) < 4.78 is 1.84. The molecule has 2 N–H and O–H groups in total. The fraction of sp³-hybridized carbons (Fsp3) is 0.438. The number of nitrogen functional groups attached to an aromatic ring is 1. The van der Waals surface area contributed by atoms with Crippen molar-refractivity contribution in [1.29, 1.82) is 0 Å². The van der Waals surface area contributed by atoms with Crippen LogP contribution in [0.25, 0.3) is 0 Å². The molecule has 0 aliphatic carbocycles. The Morgan fingerprint density at radius 2 is 2.32 bits per heavy atom. The Balaban J connectivity index is 1.71. The fourth-order valence-corrected chi connectivity index (χ4v) is 3.03. The van der Waals surface area contributed by atoms with Crippen LogP contribution in [0.2, 0.25) is 0 Å². The molecule has 3 rings (SSSR count). The van der Waals surface area contributed by atoms with Crippen LogP contribution in [-0.4, -0.2) is 38.7 Å². The quantitative estimate of drug-likeness (QED) is 0.875. The minimum Gasteiger partial charge on any atom is -0.399 e. The van der Waals surface area contributed by atoms with Gasteiger partial charge in [0.15, 0.2) is 0 Å². The Bertz CT molecular complexity index is 653. The Morgan fingerprint density at radius 3 is 3.09 bits per heavy atom. The zero-order chi connectivity index (χ0) is 15.5. The standard InChI is InChI=1S/C16H21N5O/c1-12-4-5-14(17)7-15(12)16(22)20-6-2-3-13(8-20)9-21-11-18-10-19-21/h4-5,7,10-11,13H,2-3,6,8-9,17H2,1H3. The smallest absolute Gasteiger partial charge is 0.254 e. The van der Waals surface area contributed by atoms with E-state index in [-0.39, 0.29) is 5.91 Å². The second kappa shape index (κ2) is 6.17. The SMILES string of the molecule is Cc1ccc(N)cc1C(=O)N1CCCC(Cn2cncn2)C1. The molecule has 1 fully saturated rings. The van der Waals surface area contributed by atoms with E-state index in [1.54, 1.807) is 18.7 Å². The number of benzene rings is 1. The third-order valence-electron chi connectivity index (χ3n) is 4.21. The number of aryl methyl sites for hydroxylation is 1. The molecular formula is C16H21N5O. The molecule has 2 aromatic rings. The average molecular weight is 299 g/mol. The monoisotopic (exact) mass is 299 g/mol. The largest absolute Gasteiger partial charge is 0.399 e. The predicted octanol–water partition coefficient (Wildman–Crippen LogP) is 1.72. The van der Waals surface area contributed by atoms with Gasteiger partial charge in [-0.15, -0.1) is 0 Å². The summed E-state index contributed by atoms with van der Waals surface area (Å²) in [7, 11) is 0. The van der Waals surface area contributed by atoms with Crippen molar-refractivity contribution in [2.45, 2.75) is 26.3 Å². The van der Waals surface area contributed by atoms with Gasteiger partial charge in [0.2, 0.25) is 0 Å². The maximum atomic E-state index is 12.8. The first-order valence-corrected chi connectivity index (χ1v) is 7.61. The van der Waals surface area contributed by atoms with Crippen molar-refractivity contribution in [2.24, 2.45) is 5.92 Å². The van der Waals surface area contributed by atoms with Crippen LogP contribution >= 0.6 is 0 Å². The number of likely N-dealkylation sites (tertiary alicyclic amines) is 1. The Morgan fingerprint density at radius 1 is 1.45 bits per heavy atom. The first kappa shape index (κ1) is 14.6. The first-order valence-electron chi connectivity index (χ1n) is 7.61. The number of amides is 1. The predicted molar refractivity (Wildman–Crippen MR) is 84.2 cm³/mol. The van der Waals surface area contributed by atoms with Gasteiger partial charge in [-0.1, -0.05) is 6.07 Å². The van der Waals surface area contributed by atoms with Crippen LogP contribution in [0.1, 0.15) is 28.8 Å². The Labute approximate surface area is 129 Å². The van der Waals surface area contributed by atoms with E-state index in [2.05, 4.69) is 10.1 Å². The first-order chi connectivity index (χ1) is 10.6. The molecule has 1 aliphatic rings. The molecule has 1 aromatic carbocycles. The van der Waals surface area contributed by atoms with Crippen molar-refractivity contribution in [1.82, 2.24) is 19.7 Å². The molecule has 1 aromatic heterocycles. The van der Waals surface area contributed by atoms with Gasteiger partial charge in [0, 0.05) is 30.9 Å². The summed E-state index contributed by atoms with van der Waals surface area (Å²) in [5.74, 6) is 0.494. The van der Waals surface area contributed by atoms with Gasteiger partial charge >= 0.3 is 0 Å². The average Bonchev–Trinajstić information content (AvgIpc) is 3.02. The van der Waals surface area contributed by atoms with E-state index < -0.39 is 0 Å². The van der Waals surface area contributed by atoms with Gasteiger partial charge in [0.25, 0.3) is 5.91 Å². The van der Waals surface area contributed by atoms with Crippen molar-refractivity contribution in [3.63, 3.8) is 0 Å². The summed E-state index contributed by atoms with van der Waals surface area (Å²) in [4.78, 5) is 18.7. The normalized spacial score (nSPS) is 18.4. The Hall–Kier alpha value is -2.37. The van der Waals surface area contributed by atoms with Crippen molar-refractivity contribution < 1.29 is 4.79 Å². The van der Waals surface area contributed by atoms with Crippen LogP contribution in [0, 0.1) is 12.8 Å². The van der Waals surface area contributed by atoms with Crippen LogP contribution in [0.3, 0.4) is 0 Å². The number of rotatable bonds is 3. The molecule has 2 heterocycles. The third kappa shape index (κ3) is 3.10. The lowest BCUT2D eigenvalue weighted by Gasteiger charge is -2.33. The van der Waals surface area contributed by atoms with Gasteiger partial charge in [0.05, 0.1) is 0 Å². The Kier molecular flexibility index (Phi) is 4.09. The minimum absolute atomic E-state index is 0.0769. The molecule has 6 nitrogen and oxygen atoms in total. The van der Waals surface area contributed by atoms with Crippen molar-refractivity contribution >= 4 is 11.6 Å². The third-order valence-corrected chi connectivity index (χ3v) is 4.21. The molecule has 1 unspecified atom stereocenters. The van der Waals surface area contributed by atoms with Gasteiger partial charge in [-0.3, -0.25) is 9.48 Å². The lowest BCUT2D eigenvalue weighted by molar-refractivity contribution is 0.0659. The number of nitrogens with zero attached hydrogens (tertiary/aromatic N) is 4. The fourth-order valence-electron chi connectivity index (χ4n) is 3.03. The van der Waals surface area contributed by atoms with E-state index in [0.717, 1.165) is 38.0 Å². The van der Waals surface area contributed by atoms with Gasteiger partial charge in [-0.05, 0) is 43.4 Å². The van der Waals surface area contributed by atoms with E-state index >= 15 is 0 Å². The van der Waals surface area contributed by atoms with Crippen LogP contribution in [0.15, 0.2) is 30.9 Å². The lowest BCUT2D eigenvalue weighted by atomic mass is 9.96. The van der Waals surface area contributed by atoms with Crippen LogP contribution in [0.4, 0.5) is 5.69 Å². The van der Waals surface area contributed by atoms with E-state index in [9.17, 15) is 4.79 Å². The summed E-state index contributed by atoms with van der Waals surface area (Å²) in [6.07, 6.45) is 5.40. The van der Waals surface area contributed by atoms with Crippen LogP contribution in [-0.2, 0) is 6.54 Å². The van der Waals surface area contributed by atoms with Crippen molar-refractivity contribution in [3.8, 4) is 0 Å². The number of piperidine rings is 1.